The van der Waals surface area contributed by atoms with Crippen molar-refractivity contribution in [2.24, 2.45) is 10.9 Å². The molecule has 20 heavy (non-hydrogen) atoms. The molecule has 104 valence electrons. The lowest BCUT2D eigenvalue weighted by Crippen LogP contribution is -2.20. The Balaban J connectivity index is 2.41. The summed E-state index contributed by atoms with van der Waals surface area (Å²) in [6.45, 7) is 0. The minimum absolute atomic E-state index is 0.0985. The molecule has 1 heterocycles. The standard InChI is InChI=1S/C12H12N4O4/c1-19-9-4-2-3-7(11(13)15-18)10(9)14-12(17)8-5-6-20-16-8/h2-6,18H,1H3,(H2,13,15)(H,14,17). The van der Waals surface area contributed by atoms with Crippen molar-refractivity contribution in [3.05, 3.63) is 41.8 Å². The minimum Gasteiger partial charge on any atom is -0.495 e. The van der Waals surface area contributed by atoms with E-state index in [1.165, 1.54) is 19.4 Å². The summed E-state index contributed by atoms with van der Waals surface area (Å²) in [6.07, 6.45) is 1.28. The monoisotopic (exact) mass is 276 g/mol. The molecule has 1 aromatic carbocycles. The van der Waals surface area contributed by atoms with Crippen molar-refractivity contribution < 1.29 is 19.3 Å². The van der Waals surface area contributed by atoms with Gasteiger partial charge in [0.1, 0.15) is 12.0 Å². The van der Waals surface area contributed by atoms with E-state index in [0.29, 0.717) is 11.3 Å². The van der Waals surface area contributed by atoms with Crippen molar-refractivity contribution in [2.75, 3.05) is 12.4 Å². The first-order valence-electron chi connectivity index (χ1n) is 5.54. The summed E-state index contributed by atoms with van der Waals surface area (Å²) < 4.78 is 9.75. The Bertz CT molecular complexity index is 637. The number of nitrogens with one attached hydrogen (secondary N) is 1. The second-order valence-corrected chi connectivity index (χ2v) is 3.71. The molecule has 1 amide bonds. The topological polar surface area (TPSA) is 123 Å². The van der Waals surface area contributed by atoms with Crippen molar-refractivity contribution >= 4 is 17.4 Å². The van der Waals surface area contributed by atoms with Gasteiger partial charge in [0.2, 0.25) is 0 Å². The van der Waals surface area contributed by atoms with Crippen LogP contribution in [-0.2, 0) is 0 Å². The highest BCUT2D eigenvalue weighted by atomic mass is 16.5. The number of benzene rings is 1. The van der Waals surface area contributed by atoms with Crippen LogP contribution in [0, 0.1) is 0 Å². The number of oxime groups is 1. The predicted octanol–water partition coefficient (Wildman–Crippen LogP) is 1.03. The Labute approximate surface area is 113 Å². The maximum absolute atomic E-state index is 12.0. The molecule has 0 spiro atoms. The molecule has 1 aromatic heterocycles. The Kier molecular flexibility index (Phi) is 3.85. The van der Waals surface area contributed by atoms with Crippen molar-refractivity contribution in [1.82, 2.24) is 5.16 Å². The highest BCUT2D eigenvalue weighted by Gasteiger charge is 2.17. The van der Waals surface area contributed by atoms with Gasteiger partial charge in [-0.3, -0.25) is 4.79 Å². The van der Waals surface area contributed by atoms with Crippen molar-refractivity contribution in [2.45, 2.75) is 0 Å². The van der Waals surface area contributed by atoms with E-state index in [1.807, 2.05) is 0 Å². The first kappa shape index (κ1) is 13.4. The highest BCUT2D eigenvalue weighted by molar-refractivity contribution is 6.10. The number of hydrogen-bond donors (Lipinski definition) is 3. The molecule has 0 fully saturated rings. The van der Waals surface area contributed by atoms with Crippen LogP contribution in [0.25, 0.3) is 0 Å². The van der Waals surface area contributed by atoms with Gasteiger partial charge in [-0.1, -0.05) is 16.4 Å². The van der Waals surface area contributed by atoms with Gasteiger partial charge in [-0.25, -0.2) is 0 Å². The third-order valence-electron chi connectivity index (χ3n) is 2.54. The summed E-state index contributed by atoms with van der Waals surface area (Å²) in [5.41, 5.74) is 6.27. The van der Waals surface area contributed by atoms with E-state index in [-0.39, 0.29) is 17.2 Å². The molecule has 0 radical (unpaired) electrons. The number of carbonyl (C=O) groups is 1. The SMILES string of the molecule is COc1cccc(/C(N)=N/O)c1NC(=O)c1ccon1. The van der Waals surface area contributed by atoms with Crippen molar-refractivity contribution in [3.8, 4) is 5.75 Å². The van der Waals surface area contributed by atoms with E-state index in [4.69, 9.17) is 15.7 Å². The van der Waals surface area contributed by atoms with Gasteiger partial charge in [0.05, 0.1) is 12.8 Å². The number of aromatic nitrogens is 1. The fraction of sp³-hybridized carbons (Fsp3) is 0.0833. The molecule has 8 heteroatoms. The van der Waals surface area contributed by atoms with E-state index >= 15 is 0 Å². The lowest BCUT2D eigenvalue weighted by Gasteiger charge is -2.13. The average Bonchev–Trinajstić information content (AvgIpc) is 3.01. The molecular formula is C12H12N4O4. The zero-order valence-electron chi connectivity index (χ0n) is 10.5. The highest BCUT2D eigenvalue weighted by Crippen LogP contribution is 2.28. The molecule has 0 atom stereocenters. The Hall–Kier alpha value is -3.03. The molecule has 2 rings (SSSR count). The van der Waals surface area contributed by atoms with Gasteiger partial charge >= 0.3 is 0 Å². The molecule has 0 aliphatic carbocycles. The largest absolute Gasteiger partial charge is 0.495 e. The summed E-state index contributed by atoms with van der Waals surface area (Å²) in [6, 6.07) is 6.27. The van der Waals surface area contributed by atoms with Crippen molar-refractivity contribution in [1.29, 1.82) is 0 Å². The molecule has 0 saturated carbocycles. The predicted molar refractivity (Wildman–Crippen MR) is 70.0 cm³/mol. The number of hydrogen-bond acceptors (Lipinski definition) is 6. The first-order chi connectivity index (χ1) is 9.67. The first-order valence-corrected chi connectivity index (χ1v) is 5.54. The maximum atomic E-state index is 12.0. The third kappa shape index (κ3) is 2.53. The van der Waals surface area contributed by atoms with E-state index < -0.39 is 5.91 Å². The second kappa shape index (κ2) is 5.74. The van der Waals surface area contributed by atoms with Crippen LogP contribution in [-0.4, -0.2) is 29.2 Å². The van der Waals surface area contributed by atoms with Crippen LogP contribution in [0.1, 0.15) is 16.1 Å². The molecule has 0 aliphatic rings. The second-order valence-electron chi connectivity index (χ2n) is 3.71. The summed E-state index contributed by atoms with van der Waals surface area (Å²) in [5, 5.41) is 17.8. The van der Waals surface area contributed by atoms with Gasteiger partial charge in [-0.2, -0.15) is 0 Å². The molecule has 0 aliphatic heterocycles. The Morgan fingerprint density at radius 2 is 2.30 bits per heavy atom. The number of ether oxygens (including phenoxy) is 1. The number of amidine groups is 1. The minimum atomic E-state index is -0.504. The van der Waals surface area contributed by atoms with Crippen LogP contribution in [0.2, 0.25) is 0 Å². The zero-order valence-corrected chi connectivity index (χ0v) is 10.5. The fourth-order valence-electron chi connectivity index (χ4n) is 1.60. The van der Waals surface area contributed by atoms with E-state index in [9.17, 15) is 4.79 Å². The third-order valence-corrected chi connectivity index (χ3v) is 2.54. The number of amides is 1. The lowest BCUT2D eigenvalue weighted by molar-refractivity contribution is 0.101. The maximum Gasteiger partial charge on any atom is 0.277 e. The quantitative estimate of drug-likeness (QED) is 0.331. The number of para-hydroxylation sites is 1. The number of carbonyl (C=O) groups excluding carboxylic acids is 1. The summed E-state index contributed by atoms with van der Waals surface area (Å²) in [4.78, 5) is 12.0. The molecule has 4 N–H and O–H groups in total. The molecule has 2 aromatic rings. The number of nitrogens with two attached hydrogens (primary N) is 1. The number of nitrogens with zero attached hydrogens (tertiary/aromatic N) is 2. The number of rotatable bonds is 4. The van der Waals surface area contributed by atoms with Gasteiger partial charge in [0.15, 0.2) is 11.5 Å². The lowest BCUT2D eigenvalue weighted by atomic mass is 10.1. The summed E-state index contributed by atoms with van der Waals surface area (Å²) in [7, 11) is 1.44. The van der Waals surface area contributed by atoms with Gasteiger partial charge in [-0.05, 0) is 12.1 Å². The fourth-order valence-corrected chi connectivity index (χ4v) is 1.60. The summed E-state index contributed by atoms with van der Waals surface area (Å²) in [5.74, 6) is -0.291. The van der Waals surface area contributed by atoms with Crippen LogP contribution in [0.15, 0.2) is 40.2 Å². The molecular weight excluding hydrogens is 264 g/mol. The molecule has 0 unspecified atom stereocenters. The summed E-state index contributed by atoms with van der Waals surface area (Å²) >= 11 is 0. The van der Waals surface area contributed by atoms with Crippen LogP contribution >= 0.6 is 0 Å². The van der Waals surface area contributed by atoms with Crippen LogP contribution in [0.5, 0.6) is 5.75 Å². The van der Waals surface area contributed by atoms with Gasteiger partial charge in [-0.15, -0.1) is 0 Å². The molecule has 8 nitrogen and oxygen atoms in total. The number of methoxy groups -OCH3 is 1. The normalized spacial score (nSPS) is 11.2. The van der Waals surface area contributed by atoms with Gasteiger partial charge < -0.3 is 25.5 Å². The van der Waals surface area contributed by atoms with Gasteiger partial charge in [0, 0.05) is 11.6 Å². The van der Waals surface area contributed by atoms with Crippen LogP contribution in [0.4, 0.5) is 5.69 Å². The number of anilines is 1. The Morgan fingerprint density at radius 1 is 1.50 bits per heavy atom. The molecule has 0 bridgehead atoms. The molecule has 0 saturated heterocycles. The van der Waals surface area contributed by atoms with Crippen molar-refractivity contribution in [3.63, 3.8) is 0 Å². The Morgan fingerprint density at radius 3 is 2.90 bits per heavy atom. The van der Waals surface area contributed by atoms with Crippen LogP contribution < -0.4 is 15.8 Å². The zero-order chi connectivity index (χ0) is 14.5. The smallest absolute Gasteiger partial charge is 0.277 e. The average molecular weight is 276 g/mol. The van der Waals surface area contributed by atoms with E-state index in [2.05, 4.69) is 20.2 Å². The van der Waals surface area contributed by atoms with E-state index in [1.54, 1.807) is 18.2 Å². The van der Waals surface area contributed by atoms with E-state index in [0.717, 1.165) is 0 Å². The van der Waals surface area contributed by atoms with Crippen LogP contribution in [0.3, 0.4) is 0 Å². The van der Waals surface area contributed by atoms with Gasteiger partial charge in [0.25, 0.3) is 5.91 Å².